The fourth-order valence-electron chi connectivity index (χ4n) is 7.49. The predicted molar refractivity (Wildman–Crippen MR) is 335 cm³/mol. The molecule has 0 aliphatic heterocycles. The van der Waals surface area contributed by atoms with E-state index in [0.29, 0.717) is 0 Å². The first-order chi connectivity index (χ1) is 32.8. The van der Waals surface area contributed by atoms with Crippen molar-refractivity contribution in [3.8, 4) is 0 Å². The Morgan fingerprint density at radius 1 is 0.125 bits per heavy atom. The number of hydrogen-bond donors (Lipinski definition) is 0. The van der Waals surface area contributed by atoms with Crippen LogP contribution in [0.25, 0.3) is 92.1 Å². The van der Waals surface area contributed by atoms with Crippen LogP contribution in [0.4, 0.5) is 0 Å². The minimum Gasteiger partial charge on any atom is -0.0909 e. The largest absolute Gasteiger partial charge is 0.0909 e. The Hall–Kier alpha value is -7.80. The monoisotopic (exact) mass is 949 g/mol. The third kappa shape index (κ3) is 12.6. The Labute approximate surface area is 434 Å². The van der Waals surface area contributed by atoms with Gasteiger partial charge in [-0.1, -0.05) is 158 Å². The van der Waals surface area contributed by atoms with Crippen molar-refractivity contribution in [1.82, 2.24) is 0 Å². The van der Waals surface area contributed by atoms with E-state index in [-0.39, 0.29) is 0 Å². The number of hydrogen-bond acceptors (Lipinski definition) is 0. The van der Waals surface area contributed by atoms with Crippen molar-refractivity contribution in [3.63, 3.8) is 0 Å². The van der Waals surface area contributed by atoms with E-state index in [0.717, 1.165) is 129 Å². The summed E-state index contributed by atoms with van der Waals surface area (Å²) in [5.41, 5.74) is 25.6. The zero-order chi connectivity index (χ0) is 56.8. The van der Waals surface area contributed by atoms with Crippen LogP contribution < -0.4 is 73.1 Å². The molecule has 0 bridgehead atoms. The molecule has 0 nitrogen and oxygen atoms in total. The Kier molecular flexibility index (Phi) is 21.0. The van der Waals surface area contributed by atoms with Gasteiger partial charge in [-0.15, -0.1) is 0 Å². The number of rotatable bonds is 0. The van der Waals surface area contributed by atoms with Crippen molar-refractivity contribution < 1.29 is 0 Å². The molecule has 4 aliphatic rings. The first-order valence-corrected chi connectivity index (χ1v) is 23.5. The fraction of sp³-hybridized carbons (Fsp3) is 0.167. The van der Waals surface area contributed by atoms with E-state index < -0.39 is 0 Å². The summed E-state index contributed by atoms with van der Waals surface area (Å²) in [4.78, 5) is 0. The zero-order valence-electron chi connectivity index (χ0n) is 47.0. The molecule has 3 aromatic carbocycles. The van der Waals surface area contributed by atoms with Gasteiger partial charge in [0.05, 0.1) is 0 Å². The lowest BCUT2D eigenvalue weighted by molar-refractivity contribution is 1.17. The molecule has 0 fully saturated rings. The van der Waals surface area contributed by atoms with E-state index >= 15 is 0 Å². The van der Waals surface area contributed by atoms with E-state index in [2.05, 4.69) is 213 Å². The zero-order valence-corrected chi connectivity index (χ0v) is 47.0. The van der Waals surface area contributed by atoms with Gasteiger partial charge in [-0.05, 0) is 279 Å². The number of benzene rings is 3. The molecule has 0 radical (unpaired) electrons. The lowest BCUT2D eigenvalue weighted by Crippen LogP contribution is -2.62. The molecule has 0 aromatic heterocycles. The van der Waals surface area contributed by atoms with Gasteiger partial charge in [0.2, 0.25) is 0 Å². The lowest BCUT2D eigenvalue weighted by atomic mass is 9.82. The smallest absolute Gasteiger partial charge is 0.0183 e. The van der Waals surface area contributed by atoms with Crippen LogP contribution in [0.2, 0.25) is 0 Å². The molecule has 0 amide bonds. The molecule has 72 heavy (non-hydrogen) atoms. The highest BCUT2D eigenvalue weighted by molar-refractivity contribution is 5.69. The number of allylic oxidation sites excluding steroid dienone is 18. The molecule has 0 heteroatoms. The van der Waals surface area contributed by atoms with E-state index in [4.69, 9.17) is 0 Å². The normalized spacial score (nSPS) is 14.7. The van der Waals surface area contributed by atoms with Crippen LogP contribution in [0.1, 0.15) is 77.6 Å². The molecule has 7 rings (SSSR count). The summed E-state index contributed by atoms with van der Waals surface area (Å²) in [6, 6.07) is 0. The first-order valence-electron chi connectivity index (χ1n) is 23.5. The maximum atomic E-state index is 3.95. The van der Waals surface area contributed by atoms with Gasteiger partial charge in [-0.3, -0.25) is 0 Å². The highest BCUT2D eigenvalue weighted by atomic mass is 14.2. The summed E-state index contributed by atoms with van der Waals surface area (Å²) in [5.74, 6) is 0. The predicted octanol–water partition coefficient (Wildman–Crippen LogP) is 8.95. The lowest BCUT2D eigenvalue weighted by Gasteiger charge is -2.23. The Balaban J connectivity index is 0.000000422. The average Bonchev–Trinajstić information content (AvgIpc) is 3.65. The minimum atomic E-state index is 0.817. The molecular weight excluding hydrogens is 865 g/mol. The summed E-state index contributed by atoms with van der Waals surface area (Å²) >= 11 is 0. The quantitative estimate of drug-likeness (QED) is 0.211. The standard InChI is InChI=1S/2C12H14.C12H12.2C10H12.2C8H10/c3*1-7-8(2)10(4)12(6)11(5)9(7)3;2*1-6-7(2)9(4)10(5)8(6)3;2*1-5-6(2)8(4)7(5)3/h2*1-4H2,5-6H3;1-6H2;2*1-3H2,4-5H3;2*1-2H2,3-4H3. The molecule has 0 atom stereocenters. The molecule has 0 saturated heterocycles. The van der Waals surface area contributed by atoms with Gasteiger partial charge in [-0.2, -0.15) is 0 Å². The third-order valence-corrected chi connectivity index (χ3v) is 15.4. The molecule has 0 heterocycles. The van der Waals surface area contributed by atoms with Crippen molar-refractivity contribution in [1.29, 1.82) is 0 Å². The van der Waals surface area contributed by atoms with Crippen molar-refractivity contribution in [2.45, 2.75) is 83.1 Å². The Bertz CT molecular complexity index is 3360. The molecular formula is C72H84. The average molecular weight is 949 g/mol. The Morgan fingerprint density at radius 3 is 0.292 bits per heavy atom. The highest BCUT2D eigenvalue weighted by Gasteiger charge is 2.20. The second-order valence-electron chi connectivity index (χ2n) is 19.0. The van der Waals surface area contributed by atoms with E-state index in [1.807, 2.05) is 27.7 Å². The highest BCUT2D eigenvalue weighted by Crippen LogP contribution is 2.38. The fourth-order valence-corrected chi connectivity index (χ4v) is 7.49. The summed E-state index contributed by atoms with van der Waals surface area (Å²) in [5, 5.41) is 12.5. The van der Waals surface area contributed by atoms with Crippen LogP contribution >= 0.6 is 0 Å². The summed E-state index contributed by atoms with van der Waals surface area (Å²) in [6.07, 6.45) is 0. The van der Waals surface area contributed by atoms with E-state index in [1.54, 1.807) is 0 Å². The molecule has 0 unspecified atom stereocenters. The molecule has 0 N–H and O–H groups in total. The van der Waals surface area contributed by atoms with Crippen LogP contribution in [-0.2, 0) is 0 Å². The van der Waals surface area contributed by atoms with Gasteiger partial charge in [0.1, 0.15) is 0 Å². The van der Waals surface area contributed by atoms with Gasteiger partial charge < -0.3 is 0 Å². The Morgan fingerprint density at radius 2 is 0.208 bits per heavy atom. The maximum absolute atomic E-state index is 3.95. The van der Waals surface area contributed by atoms with Gasteiger partial charge >= 0.3 is 0 Å². The van der Waals surface area contributed by atoms with Gasteiger partial charge in [0, 0.05) is 0 Å². The van der Waals surface area contributed by atoms with Gasteiger partial charge in [-0.25, -0.2) is 0 Å². The van der Waals surface area contributed by atoms with Gasteiger partial charge in [0.25, 0.3) is 0 Å². The second-order valence-corrected chi connectivity index (χ2v) is 19.0. The second kappa shape index (κ2) is 24.4. The van der Waals surface area contributed by atoms with Crippen molar-refractivity contribution in [2.24, 2.45) is 0 Å². The van der Waals surface area contributed by atoms with Crippen LogP contribution in [-0.4, -0.2) is 0 Å². The molecule has 372 valence electrons. The van der Waals surface area contributed by atoms with Gasteiger partial charge in [0.15, 0.2) is 0 Å². The maximum Gasteiger partial charge on any atom is -0.0183 e. The first kappa shape index (κ1) is 62.2. The van der Waals surface area contributed by atoms with Crippen molar-refractivity contribution in [2.75, 3.05) is 0 Å². The van der Waals surface area contributed by atoms with Crippen LogP contribution in [0.3, 0.4) is 0 Å². The van der Waals surface area contributed by atoms with E-state index in [9.17, 15) is 0 Å². The van der Waals surface area contributed by atoms with Crippen LogP contribution in [0, 0.1) is 27.7 Å². The molecule has 0 saturated carbocycles. The third-order valence-electron chi connectivity index (χ3n) is 15.4. The van der Waals surface area contributed by atoms with Crippen LogP contribution in [0.5, 0.6) is 0 Å². The summed E-state index contributed by atoms with van der Waals surface area (Å²) in [6.45, 7) is 118. The molecule has 3 aromatic rings. The van der Waals surface area contributed by atoms with Crippen molar-refractivity contribution in [3.05, 3.63) is 261 Å². The SMILES string of the molecule is C=C1C(=C)C(C)=C(C)C1=C.C=C1C(=C)C(C)=C(C)C1=C.C=C1C(=C)C(C)=C1C.C=C1C(=C)C(C)=C1C.C=c1c(=C)c(=C)c(=C)c(=C)c1=C.C=c1c(C)c(C)c(=C)c(=C)c1=C.C=c1c(C)c(C)c(=C)c(=C)c1=C. The summed E-state index contributed by atoms with van der Waals surface area (Å²) in [7, 11) is 0. The molecule has 0 spiro atoms. The van der Waals surface area contributed by atoms with Crippen molar-refractivity contribution >= 4 is 92.1 Å². The minimum absolute atomic E-state index is 0.817. The molecule has 4 aliphatic carbocycles. The van der Waals surface area contributed by atoms with Crippen LogP contribution in [0.15, 0.2) is 166 Å². The topological polar surface area (TPSA) is 0 Å². The van der Waals surface area contributed by atoms with E-state index in [1.165, 1.54) is 66.8 Å². The summed E-state index contributed by atoms with van der Waals surface area (Å²) < 4.78 is 0.